The second kappa shape index (κ2) is 5.95. The second-order valence-electron chi connectivity index (χ2n) is 4.94. The molecule has 6 nitrogen and oxygen atoms in total. The van der Waals surface area contributed by atoms with Gasteiger partial charge in [0.1, 0.15) is 12.7 Å². The van der Waals surface area contributed by atoms with Crippen molar-refractivity contribution in [3.63, 3.8) is 0 Å². The molecule has 1 aromatic rings. The van der Waals surface area contributed by atoms with Crippen LogP contribution in [0.3, 0.4) is 0 Å². The molecular formula is C12H20N4O2. The molecule has 0 bridgehead atoms. The first-order valence-electron chi connectivity index (χ1n) is 6.41. The average Bonchev–Trinajstić information content (AvgIpc) is 3.08. The summed E-state index contributed by atoms with van der Waals surface area (Å²) in [5, 5.41) is 13.7. The fourth-order valence-electron chi connectivity index (χ4n) is 1.94. The highest BCUT2D eigenvalue weighted by Crippen LogP contribution is 2.32. The summed E-state index contributed by atoms with van der Waals surface area (Å²) in [5.74, 6) is 0.491. The third-order valence-corrected chi connectivity index (χ3v) is 3.30. The number of aryl methyl sites for hydroxylation is 1. The third-order valence-electron chi connectivity index (χ3n) is 3.30. The van der Waals surface area contributed by atoms with E-state index in [9.17, 15) is 9.90 Å². The minimum Gasteiger partial charge on any atom is -0.391 e. The first-order valence-corrected chi connectivity index (χ1v) is 6.41. The van der Waals surface area contributed by atoms with Crippen molar-refractivity contribution in [2.45, 2.75) is 38.3 Å². The van der Waals surface area contributed by atoms with E-state index in [4.69, 9.17) is 0 Å². The minimum atomic E-state index is -0.353. The third kappa shape index (κ3) is 3.80. The highest BCUT2D eigenvalue weighted by Gasteiger charge is 2.30. The highest BCUT2D eigenvalue weighted by molar-refractivity contribution is 5.75. The Balaban J connectivity index is 1.63. The Labute approximate surface area is 107 Å². The van der Waals surface area contributed by atoms with Crippen LogP contribution in [0, 0.1) is 5.92 Å². The van der Waals surface area contributed by atoms with E-state index < -0.39 is 0 Å². The minimum absolute atomic E-state index is 0.0785. The van der Waals surface area contributed by atoms with Crippen molar-refractivity contribution in [3.8, 4) is 0 Å². The Kier molecular flexibility index (Phi) is 4.30. The van der Waals surface area contributed by atoms with Gasteiger partial charge in [-0.15, -0.1) is 0 Å². The van der Waals surface area contributed by atoms with Crippen molar-refractivity contribution in [2.24, 2.45) is 5.92 Å². The summed E-state index contributed by atoms with van der Waals surface area (Å²) in [6, 6.07) is 0. The van der Waals surface area contributed by atoms with Gasteiger partial charge in [0.2, 0.25) is 5.91 Å². The number of amides is 1. The molecule has 6 heteroatoms. The van der Waals surface area contributed by atoms with E-state index in [1.54, 1.807) is 23.0 Å². The smallest absolute Gasteiger partial charge is 0.222 e. The van der Waals surface area contributed by atoms with E-state index in [1.807, 2.05) is 0 Å². The maximum Gasteiger partial charge on any atom is 0.222 e. The number of aliphatic hydroxyl groups excluding tert-OH is 1. The van der Waals surface area contributed by atoms with Gasteiger partial charge in [0.05, 0.1) is 6.10 Å². The lowest BCUT2D eigenvalue weighted by atomic mass is 10.2. The van der Waals surface area contributed by atoms with Gasteiger partial charge in [-0.2, -0.15) is 5.10 Å². The quantitative estimate of drug-likeness (QED) is 0.757. The standard InChI is InChI=1S/C12H20N4O2/c1-15(7-11(17)10-4-5-10)12(18)3-2-6-16-9-13-8-14-16/h8-11,17H,2-7H2,1H3. The summed E-state index contributed by atoms with van der Waals surface area (Å²) in [5.41, 5.74) is 0. The molecule has 0 spiro atoms. The molecule has 1 unspecified atom stereocenters. The van der Waals surface area contributed by atoms with Crippen molar-refractivity contribution in [3.05, 3.63) is 12.7 Å². The summed E-state index contributed by atoms with van der Waals surface area (Å²) < 4.78 is 1.71. The number of rotatable bonds is 7. The van der Waals surface area contributed by atoms with Gasteiger partial charge in [0, 0.05) is 26.6 Å². The molecule has 0 saturated heterocycles. The van der Waals surface area contributed by atoms with Crippen LogP contribution in [-0.4, -0.2) is 50.4 Å². The predicted octanol–water partition coefficient (Wildman–Crippen LogP) is 0.288. The van der Waals surface area contributed by atoms with Gasteiger partial charge in [-0.3, -0.25) is 9.48 Å². The zero-order chi connectivity index (χ0) is 13.0. The zero-order valence-corrected chi connectivity index (χ0v) is 10.7. The number of likely N-dealkylation sites (N-methyl/N-ethyl adjacent to an activating group) is 1. The van der Waals surface area contributed by atoms with Gasteiger partial charge in [-0.05, 0) is 25.2 Å². The SMILES string of the molecule is CN(CC(O)C1CC1)C(=O)CCCn1cncn1. The molecule has 0 aromatic carbocycles. The zero-order valence-electron chi connectivity index (χ0n) is 10.7. The fourth-order valence-corrected chi connectivity index (χ4v) is 1.94. The predicted molar refractivity (Wildman–Crippen MR) is 65.6 cm³/mol. The van der Waals surface area contributed by atoms with Gasteiger partial charge < -0.3 is 10.0 Å². The maximum atomic E-state index is 11.8. The second-order valence-corrected chi connectivity index (χ2v) is 4.94. The van der Waals surface area contributed by atoms with Crippen LogP contribution in [0.25, 0.3) is 0 Å². The van der Waals surface area contributed by atoms with Crippen LogP contribution in [0.15, 0.2) is 12.7 Å². The molecule has 0 aliphatic heterocycles. The average molecular weight is 252 g/mol. The molecule has 1 aliphatic carbocycles. The summed E-state index contributed by atoms with van der Waals surface area (Å²) in [6.07, 6.45) is 6.18. The fraction of sp³-hybridized carbons (Fsp3) is 0.750. The lowest BCUT2D eigenvalue weighted by Gasteiger charge is -2.20. The number of hydrogen-bond donors (Lipinski definition) is 1. The van der Waals surface area contributed by atoms with Crippen molar-refractivity contribution in [1.82, 2.24) is 19.7 Å². The van der Waals surface area contributed by atoms with Gasteiger partial charge in [0.15, 0.2) is 0 Å². The highest BCUT2D eigenvalue weighted by atomic mass is 16.3. The Hall–Kier alpha value is -1.43. The summed E-state index contributed by atoms with van der Waals surface area (Å²) in [7, 11) is 1.75. The van der Waals surface area contributed by atoms with E-state index in [-0.39, 0.29) is 12.0 Å². The van der Waals surface area contributed by atoms with E-state index in [0.717, 1.165) is 19.3 Å². The van der Waals surface area contributed by atoms with Crippen LogP contribution in [-0.2, 0) is 11.3 Å². The number of hydrogen-bond acceptors (Lipinski definition) is 4. The molecular weight excluding hydrogens is 232 g/mol. The molecule has 100 valence electrons. The molecule has 1 heterocycles. The maximum absolute atomic E-state index is 11.8. The molecule has 0 radical (unpaired) electrons. The van der Waals surface area contributed by atoms with Crippen molar-refractivity contribution >= 4 is 5.91 Å². The molecule has 1 saturated carbocycles. The number of carbonyl (C=O) groups excluding carboxylic acids is 1. The van der Waals surface area contributed by atoms with E-state index in [1.165, 1.54) is 6.33 Å². The van der Waals surface area contributed by atoms with Gasteiger partial charge in [-0.25, -0.2) is 4.98 Å². The Morgan fingerprint density at radius 2 is 2.39 bits per heavy atom. The molecule has 2 rings (SSSR count). The first kappa shape index (κ1) is 13.0. The topological polar surface area (TPSA) is 71.2 Å². The number of aromatic nitrogens is 3. The molecule has 1 aromatic heterocycles. The number of carbonyl (C=O) groups is 1. The first-order chi connectivity index (χ1) is 8.66. The lowest BCUT2D eigenvalue weighted by Crippen LogP contribution is -2.35. The monoisotopic (exact) mass is 252 g/mol. The Bertz CT molecular complexity index is 375. The number of aliphatic hydroxyl groups is 1. The van der Waals surface area contributed by atoms with Gasteiger partial charge in [0.25, 0.3) is 0 Å². The van der Waals surface area contributed by atoms with Crippen LogP contribution in [0.2, 0.25) is 0 Å². The van der Waals surface area contributed by atoms with Crippen molar-refractivity contribution in [2.75, 3.05) is 13.6 Å². The van der Waals surface area contributed by atoms with Crippen LogP contribution >= 0.6 is 0 Å². The van der Waals surface area contributed by atoms with E-state index >= 15 is 0 Å². The van der Waals surface area contributed by atoms with E-state index in [2.05, 4.69) is 10.1 Å². The normalized spacial score (nSPS) is 16.6. The lowest BCUT2D eigenvalue weighted by molar-refractivity contribution is -0.131. The van der Waals surface area contributed by atoms with Crippen molar-refractivity contribution in [1.29, 1.82) is 0 Å². The molecule has 18 heavy (non-hydrogen) atoms. The molecule has 1 atom stereocenters. The Morgan fingerprint density at radius 3 is 3.00 bits per heavy atom. The van der Waals surface area contributed by atoms with E-state index in [0.29, 0.717) is 25.4 Å². The van der Waals surface area contributed by atoms with Crippen LogP contribution < -0.4 is 0 Å². The summed E-state index contributed by atoms with van der Waals surface area (Å²) >= 11 is 0. The van der Waals surface area contributed by atoms with Gasteiger partial charge >= 0.3 is 0 Å². The van der Waals surface area contributed by atoms with Crippen molar-refractivity contribution < 1.29 is 9.90 Å². The molecule has 1 fully saturated rings. The van der Waals surface area contributed by atoms with Crippen LogP contribution in [0.5, 0.6) is 0 Å². The van der Waals surface area contributed by atoms with Gasteiger partial charge in [-0.1, -0.05) is 0 Å². The Morgan fingerprint density at radius 1 is 1.61 bits per heavy atom. The molecule has 1 N–H and O–H groups in total. The summed E-state index contributed by atoms with van der Waals surface area (Å²) in [4.78, 5) is 17.3. The van der Waals surface area contributed by atoms with Crippen LogP contribution in [0.1, 0.15) is 25.7 Å². The molecule has 1 aliphatic rings. The molecule has 1 amide bonds. The summed E-state index contributed by atoms with van der Waals surface area (Å²) in [6.45, 7) is 1.15. The largest absolute Gasteiger partial charge is 0.391 e. The number of nitrogens with zero attached hydrogens (tertiary/aromatic N) is 4. The van der Waals surface area contributed by atoms with Crippen LogP contribution in [0.4, 0.5) is 0 Å².